The van der Waals surface area contributed by atoms with E-state index in [4.69, 9.17) is 9.47 Å². The Morgan fingerprint density at radius 1 is 1.29 bits per heavy atom. The minimum absolute atomic E-state index is 0. The molecule has 0 aromatic carbocycles. The first kappa shape index (κ1) is 22.9. The van der Waals surface area contributed by atoms with Gasteiger partial charge in [0, 0.05) is 32.6 Å². The summed E-state index contributed by atoms with van der Waals surface area (Å²) in [5.41, 5.74) is 0. The van der Waals surface area contributed by atoms with Crippen LogP contribution in [0.3, 0.4) is 0 Å². The third-order valence-corrected chi connectivity index (χ3v) is 3.86. The van der Waals surface area contributed by atoms with Gasteiger partial charge >= 0.3 is 11.9 Å². The summed E-state index contributed by atoms with van der Waals surface area (Å²) >= 11 is 0. The minimum Gasteiger partial charge on any atom is -0.469 e. The van der Waals surface area contributed by atoms with Gasteiger partial charge in [-0.25, -0.2) is 0 Å². The third-order valence-electron chi connectivity index (χ3n) is 3.86. The van der Waals surface area contributed by atoms with E-state index in [0.29, 0.717) is 32.5 Å². The van der Waals surface area contributed by atoms with Crippen LogP contribution in [0, 0.1) is 11.8 Å². The number of halogens is 1. The molecule has 0 aromatic heterocycles. The van der Waals surface area contributed by atoms with Crippen LogP contribution in [0.1, 0.15) is 33.6 Å². The quantitative estimate of drug-likeness (QED) is 0.207. The lowest BCUT2D eigenvalue weighted by Gasteiger charge is -2.21. The predicted octanol–water partition coefficient (Wildman–Crippen LogP) is 1.65. The highest BCUT2D eigenvalue weighted by Gasteiger charge is 2.36. The molecule has 1 rings (SSSR count). The monoisotopic (exact) mass is 455 g/mol. The van der Waals surface area contributed by atoms with Gasteiger partial charge < -0.3 is 19.7 Å². The first-order chi connectivity index (χ1) is 11.0. The number of nitrogens with one attached hydrogen (secondary N) is 1. The number of aliphatic imine (C=N–C) groups is 1. The van der Waals surface area contributed by atoms with Gasteiger partial charge in [0.15, 0.2) is 5.96 Å². The van der Waals surface area contributed by atoms with Crippen LogP contribution in [0.5, 0.6) is 0 Å². The van der Waals surface area contributed by atoms with Crippen LogP contribution in [0.15, 0.2) is 4.99 Å². The molecule has 0 aliphatic carbocycles. The van der Waals surface area contributed by atoms with Crippen molar-refractivity contribution < 1.29 is 19.1 Å². The number of likely N-dealkylation sites (tertiary alicyclic amines) is 1. The molecule has 0 saturated carbocycles. The van der Waals surface area contributed by atoms with Gasteiger partial charge in [0.05, 0.1) is 19.6 Å². The van der Waals surface area contributed by atoms with Gasteiger partial charge in [0.25, 0.3) is 0 Å². The summed E-state index contributed by atoms with van der Waals surface area (Å²) in [5.74, 6) is 0.537. The average Bonchev–Trinajstić information content (AvgIpc) is 2.91. The number of methoxy groups -OCH3 is 1. The Hall–Kier alpha value is -1.06. The van der Waals surface area contributed by atoms with Gasteiger partial charge in [-0.1, -0.05) is 6.92 Å². The Kier molecular flexibility index (Phi) is 11.8. The normalized spacial score (nSPS) is 20.3. The minimum atomic E-state index is -0.187. The highest BCUT2D eigenvalue weighted by Crippen LogP contribution is 2.24. The molecule has 8 heteroatoms. The van der Waals surface area contributed by atoms with Gasteiger partial charge in [-0.2, -0.15) is 0 Å². The summed E-state index contributed by atoms with van der Waals surface area (Å²) in [7, 11) is 1.42. The van der Waals surface area contributed by atoms with E-state index in [1.807, 2.05) is 13.8 Å². The number of carbonyl (C=O) groups is 2. The molecule has 1 N–H and O–H groups in total. The van der Waals surface area contributed by atoms with Gasteiger partial charge in [0.2, 0.25) is 0 Å². The molecule has 1 saturated heterocycles. The van der Waals surface area contributed by atoms with E-state index >= 15 is 0 Å². The second-order valence-corrected chi connectivity index (χ2v) is 5.66. The molecule has 140 valence electrons. The molecule has 2 unspecified atom stereocenters. The lowest BCUT2D eigenvalue weighted by atomic mass is 9.99. The maximum atomic E-state index is 11.8. The highest BCUT2D eigenvalue weighted by atomic mass is 127. The van der Waals surface area contributed by atoms with Crippen LogP contribution in [-0.2, 0) is 19.1 Å². The number of esters is 2. The summed E-state index contributed by atoms with van der Waals surface area (Å²) in [4.78, 5) is 29.7. The van der Waals surface area contributed by atoms with E-state index in [1.165, 1.54) is 7.11 Å². The molecule has 0 amide bonds. The fraction of sp³-hybridized carbons (Fsp3) is 0.812. The fourth-order valence-corrected chi connectivity index (χ4v) is 2.67. The van der Waals surface area contributed by atoms with E-state index in [1.54, 1.807) is 6.92 Å². The van der Waals surface area contributed by atoms with Crippen molar-refractivity contribution >= 4 is 41.9 Å². The number of guanidine groups is 1. The molecule has 7 nitrogen and oxygen atoms in total. The van der Waals surface area contributed by atoms with Crippen molar-refractivity contribution in [2.75, 3.05) is 39.9 Å². The van der Waals surface area contributed by atoms with Crippen molar-refractivity contribution in [1.29, 1.82) is 0 Å². The topological polar surface area (TPSA) is 80.2 Å². The molecule has 0 radical (unpaired) electrons. The second-order valence-electron chi connectivity index (χ2n) is 5.66. The van der Waals surface area contributed by atoms with Crippen molar-refractivity contribution in [2.24, 2.45) is 16.8 Å². The van der Waals surface area contributed by atoms with Crippen molar-refractivity contribution in [3.63, 3.8) is 0 Å². The van der Waals surface area contributed by atoms with Crippen LogP contribution in [-0.4, -0.2) is 62.7 Å². The Balaban J connectivity index is 0.00000529. The molecule has 1 fully saturated rings. The van der Waals surface area contributed by atoms with Gasteiger partial charge in [0.1, 0.15) is 0 Å². The lowest BCUT2D eigenvalue weighted by molar-refractivity contribution is -0.146. The van der Waals surface area contributed by atoms with Crippen LogP contribution in [0.2, 0.25) is 0 Å². The number of carbonyl (C=O) groups excluding carboxylic acids is 2. The van der Waals surface area contributed by atoms with Crippen LogP contribution >= 0.6 is 24.0 Å². The zero-order chi connectivity index (χ0) is 17.2. The Bertz CT molecular complexity index is 432. The number of rotatable bonds is 7. The maximum absolute atomic E-state index is 11.8. The smallest absolute Gasteiger partial charge is 0.310 e. The zero-order valence-electron chi connectivity index (χ0n) is 15.0. The average molecular weight is 455 g/mol. The highest BCUT2D eigenvalue weighted by molar-refractivity contribution is 14.0. The van der Waals surface area contributed by atoms with Gasteiger partial charge in [-0.05, 0) is 26.2 Å². The summed E-state index contributed by atoms with van der Waals surface area (Å²) in [6.07, 6.45) is 1.02. The lowest BCUT2D eigenvalue weighted by Crippen LogP contribution is -2.40. The second kappa shape index (κ2) is 12.3. The molecule has 0 bridgehead atoms. The van der Waals surface area contributed by atoms with Gasteiger partial charge in [-0.15, -0.1) is 24.0 Å². The number of ether oxygens (including phenoxy) is 2. The number of hydrogen-bond donors (Lipinski definition) is 1. The number of hydrogen-bond acceptors (Lipinski definition) is 5. The van der Waals surface area contributed by atoms with Crippen molar-refractivity contribution in [3.05, 3.63) is 0 Å². The largest absolute Gasteiger partial charge is 0.469 e. The van der Waals surface area contributed by atoms with E-state index in [0.717, 1.165) is 19.0 Å². The molecule has 0 aromatic rings. The van der Waals surface area contributed by atoms with E-state index in [9.17, 15) is 9.59 Å². The molecule has 1 aliphatic rings. The summed E-state index contributed by atoms with van der Waals surface area (Å²) in [6.45, 7) is 8.94. The Morgan fingerprint density at radius 3 is 2.58 bits per heavy atom. The SMILES string of the molecule is CCNC(=NCCCC(=O)OCC)N1CC(C)C(C(=O)OC)C1.I. The van der Waals surface area contributed by atoms with Crippen LogP contribution < -0.4 is 5.32 Å². The predicted molar refractivity (Wildman–Crippen MR) is 104 cm³/mol. The molecule has 1 aliphatic heterocycles. The van der Waals surface area contributed by atoms with Gasteiger partial charge in [-0.3, -0.25) is 14.6 Å². The first-order valence-corrected chi connectivity index (χ1v) is 8.30. The van der Waals surface area contributed by atoms with Crippen molar-refractivity contribution in [2.45, 2.75) is 33.6 Å². The molecule has 0 spiro atoms. The maximum Gasteiger partial charge on any atom is 0.310 e. The molecular formula is C16H30IN3O4. The Morgan fingerprint density at radius 2 is 2.00 bits per heavy atom. The summed E-state index contributed by atoms with van der Waals surface area (Å²) in [5, 5.41) is 3.24. The van der Waals surface area contributed by atoms with Crippen LogP contribution in [0.4, 0.5) is 0 Å². The van der Waals surface area contributed by atoms with E-state index < -0.39 is 0 Å². The Labute approximate surface area is 161 Å². The third kappa shape index (κ3) is 7.23. The molecule has 1 heterocycles. The number of nitrogens with zero attached hydrogens (tertiary/aromatic N) is 2. The van der Waals surface area contributed by atoms with Crippen molar-refractivity contribution in [3.8, 4) is 0 Å². The summed E-state index contributed by atoms with van der Waals surface area (Å²) < 4.78 is 9.76. The standard InChI is InChI=1S/C16H29N3O4.HI/c1-5-17-16(18-9-7-8-14(20)23-6-2)19-10-12(3)13(11-19)15(21)22-4;/h12-13H,5-11H2,1-4H3,(H,17,18);1H. The van der Waals surface area contributed by atoms with E-state index in [2.05, 4.69) is 15.2 Å². The van der Waals surface area contributed by atoms with E-state index in [-0.39, 0.29) is 47.8 Å². The molecule has 2 atom stereocenters. The molecular weight excluding hydrogens is 425 g/mol. The molecule has 24 heavy (non-hydrogen) atoms. The van der Waals surface area contributed by atoms with Crippen molar-refractivity contribution in [1.82, 2.24) is 10.2 Å². The summed E-state index contributed by atoms with van der Waals surface area (Å²) in [6, 6.07) is 0. The zero-order valence-corrected chi connectivity index (χ0v) is 17.4. The first-order valence-electron chi connectivity index (χ1n) is 8.30. The van der Waals surface area contributed by atoms with Crippen LogP contribution in [0.25, 0.3) is 0 Å². The fourth-order valence-electron chi connectivity index (χ4n) is 2.67.